The third kappa shape index (κ3) is 2.83. The summed E-state index contributed by atoms with van der Waals surface area (Å²) in [6.45, 7) is 4.84. The number of likely N-dealkylation sites (tertiary alicyclic amines) is 1. The minimum absolute atomic E-state index is 0.0995. The van der Waals surface area contributed by atoms with E-state index in [0.717, 1.165) is 43.5 Å². The molecule has 0 unspecified atom stereocenters. The van der Waals surface area contributed by atoms with Gasteiger partial charge in [0.1, 0.15) is 12.1 Å². The summed E-state index contributed by atoms with van der Waals surface area (Å²) in [7, 11) is 0. The van der Waals surface area contributed by atoms with E-state index in [9.17, 15) is 14.4 Å². The van der Waals surface area contributed by atoms with Gasteiger partial charge in [-0.1, -0.05) is 33.1 Å². The van der Waals surface area contributed by atoms with Gasteiger partial charge in [0, 0.05) is 12.6 Å². The summed E-state index contributed by atoms with van der Waals surface area (Å²) in [6, 6.07) is -0.169. The summed E-state index contributed by atoms with van der Waals surface area (Å²) < 4.78 is 0. The molecule has 1 aliphatic carbocycles. The molecule has 0 aromatic rings. The maximum atomic E-state index is 12.7. The molecular formula is C17H27N3O3. The smallest absolute Gasteiger partial charge is 0.325 e. The van der Waals surface area contributed by atoms with Crippen LogP contribution in [0.1, 0.15) is 58.8 Å². The first kappa shape index (κ1) is 16.3. The highest BCUT2D eigenvalue weighted by Crippen LogP contribution is 2.34. The topological polar surface area (TPSA) is 69.7 Å². The van der Waals surface area contributed by atoms with Crippen molar-refractivity contribution < 1.29 is 14.4 Å². The fourth-order valence-electron chi connectivity index (χ4n) is 4.34. The number of carbonyl (C=O) groups excluding carboxylic acids is 3. The van der Waals surface area contributed by atoms with E-state index >= 15 is 0 Å². The SMILES string of the molecule is CC(C)[C@@H]1CCCN1C(=O)CN1C(=O)NC2(CCCCC2)C1=O. The number of nitrogens with one attached hydrogen (secondary N) is 1. The Bertz CT molecular complexity index is 511. The lowest BCUT2D eigenvalue weighted by atomic mass is 9.82. The summed E-state index contributed by atoms with van der Waals surface area (Å²) in [4.78, 5) is 40.6. The summed E-state index contributed by atoms with van der Waals surface area (Å²) in [5.41, 5.74) is -0.738. The van der Waals surface area contributed by atoms with Gasteiger partial charge in [-0.05, 0) is 31.6 Å². The average molecular weight is 321 g/mol. The number of rotatable bonds is 3. The molecule has 2 heterocycles. The molecule has 0 bridgehead atoms. The Hall–Kier alpha value is -1.59. The molecule has 6 heteroatoms. The van der Waals surface area contributed by atoms with Crippen molar-refractivity contribution in [3.8, 4) is 0 Å². The van der Waals surface area contributed by atoms with E-state index in [4.69, 9.17) is 0 Å². The fourth-order valence-corrected chi connectivity index (χ4v) is 4.34. The van der Waals surface area contributed by atoms with Gasteiger partial charge in [0.25, 0.3) is 5.91 Å². The lowest BCUT2D eigenvalue weighted by molar-refractivity contribution is -0.140. The number of carbonyl (C=O) groups is 3. The Morgan fingerprint density at radius 2 is 1.91 bits per heavy atom. The molecule has 0 aromatic carbocycles. The number of amides is 4. The first-order valence-corrected chi connectivity index (χ1v) is 8.88. The first-order chi connectivity index (χ1) is 10.9. The van der Waals surface area contributed by atoms with Gasteiger partial charge in [-0.3, -0.25) is 14.5 Å². The Morgan fingerprint density at radius 3 is 2.57 bits per heavy atom. The van der Waals surface area contributed by atoms with E-state index < -0.39 is 11.6 Å². The van der Waals surface area contributed by atoms with Crippen molar-refractivity contribution >= 4 is 17.8 Å². The second-order valence-corrected chi connectivity index (χ2v) is 7.50. The normalized spacial score (nSPS) is 27.2. The quantitative estimate of drug-likeness (QED) is 0.807. The second-order valence-electron chi connectivity index (χ2n) is 7.50. The zero-order valence-electron chi connectivity index (χ0n) is 14.1. The van der Waals surface area contributed by atoms with E-state index in [1.54, 1.807) is 0 Å². The van der Waals surface area contributed by atoms with Gasteiger partial charge in [0.2, 0.25) is 5.91 Å². The van der Waals surface area contributed by atoms with Crippen LogP contribution in [-0.2, 0) is 9.59 Å². The van der Waals surface area contributed by atoms with Crippen LogP contribution in [0, 0.1) is 5.92 Å². The van der Waals surface area contributed by atoms with Crippen molar-refractivity contribution in [2.75, 3.05) is 13.1 Å². The van der Waals surface area contributed by atoms with Gasteiger partial charge in [-0.2, -0.15) is 0 Å². The van der Waals surface area contributed by atoms with Crippen LogP contribution < -0.4 is 5.32 Å². The van der Waals surface area contributed by atoms with Crippen LogP contribution in [0.5, 0.6) is 0 Å². The van der Waals surface area contributed by atoms with Crippen LogP contribution in [0.25, 0.3) is 0 Å². The summed E-state index contributed by atoms with van der Waals surface area (Å²) in [5.74, 6) is 0.0997. The van der Waals surface area contributed by atoms with Gasteiger partial charge in [-0.25, -0.2) is 4.79 Å². The van der Waals surface area contributed by atoms with E-state index in [1.165, 1.54) is 0 Å². The molecule has 1 atom stereocenters. The molecule has 6 nitrogen and oxygen atoms in total. The van der Waals surface area contributed by atoms with Gasteiger partial charge >= 0.3 is 6.03 Å². The highest BCUT2D eigenvalue weighted by atomic mass is 16.2. The van der Waals surface area contributed by atoms with Crippen molar-refractivity contribution in [1.82, 2.24) is 15.1 Å². The van der Waals surface area contributed by atoms with Crippen LogP contribution >= 0.6 is 0 Å². The Labute approximate surface area is 137 Å². The number of nitrogens with zero attached hydrogens (tertiary/aromatic N) is 2. The largest absolute Gasteiger partial charge is 0.338 e. The maximum Gasteiger partial charge on any atom is 0.325 e. The molecular weight excluding hydrogens is 294 g/mol. The first-order valence-electron chi connectivity index (χ1n) is 8.88. The zero-order chi connectivity index (χ0) is 16.6. The standard InChI is InChI=1S/C17H27N3O3/c1-12(2)13-7-6-10-19(13)14(21)11-20-15(22)17(18-16(20)23)8-4-3-5-9-17/h12-13H,3-11H2,1-2H3,(H,18,23)/t13-/m0/s1. The Kier molecular flexibility index (Phi) is 4.34. The van der Waals surface area contributed by atoms with E-state index in [0.29, 0.717) is 18.8 Å². The van der Waals surface area contributed by atoms with Crippen LogP contribution in [0.15, 0.2) is 0 Å². The molecule has 0 radical (unpaired) electrons. The number of hydrogen-bond acceptors (Lipinski definition) is 3. The summed E-state index contributed by atoms with van der Waals surface area (Å²) >= 11 is 0. The molecule has 128 valence electrons. The number of imide groups is 1. The molecule has 23 heavy (non-hydrogen) atoms. The zero-order valence-corrected chi connectivity index (χ0v) is 14.1. The van der Waals surface area contributed by atoms with Crippen LogP contribution in [0.4, 0.5) is 4.79 Å². The molecule has 1 N–H and O–H groups in total. The van der Waals surface area contributed by atoms with Crippen LogP contribution in [0.3, 0.4) is 0 Å². The predicted molar refractivity (Wildman–Crippen MR) is 85.6 cm³/mol. The average Bonchev–Trinajstić information content (AvgIpc) is 3.09. The van der Waals surface area contributed by atoms with E-state index in [-0.39, 0.29) is 24.4 Å². The lowest BCUT2D eigenvalue weighted by Crippen LogP contribution is -2.49. The van der Waals surface area contributed by atoms with Gasteiger partial charge in [0.15, 0.2) is 0 Å². The van der Waals surface area contributed by atoms with E-state index in [2.05, 4.69) is 19.2 Å². The van der Waals surface area contributed by atoms with Gasteiger partial charge in [0.05, 0.1) is 0 Å². The number of hydrogen-bond donors (Lipinski definition) is 1. The summed E-state index contributed by atoms with van der Waals surface area (Å²) in [6.07, 6.45) is 6.41. The molecule has 0 aromatic heterocycles. The van der Waals surface area contributed by atoms with Crippen LogP contribution in [-0.4, -0.2) is 52.3 Å². The molecule has 3 rings (SSSR count). The Balaban J connectivity index is 1.69. The Morgan fingerprint density at radius 1 is 1.22 bits per heavy atom. The summed E-state index contributed by atoms with van der Waals surface area (Å²) in [5, 5.41) is 2.87. The monoisotopic (exact) mass is 321 g/mol. The molecule has 4 amide bonds. The van der Waals surface area contributed by atoms with Crippen LogP contribution in [0.2, 0.25) is 0 Å². The number of urea groups is 1. The van der Waals surface area contributed by atoms with Crippen molar-refractivity contribution in [2.45, 2.75) is 70.4 Å². The molecule has 1 saturated carbocycles. The molecule has 2 aliphatic heterocycles. The fraction of sp³-hybridized carbons (Fsp3) is 0.824. The van der Waals surface area contributed by atoms with Crippen molar-refractivity contribution in [3.05, 3.63) is 0 Å². The van der Waals surface area contributed by atoms with Crippen molar-refractivity contribution in [2.24, 2.45) is 5.92 Å². The third-order valence-electron chi connectivity index (χ3n) is 5.64. The second kappa shape index (κ2) is 6.13. The minimum Gasteiger partial charge on any atom is -0.338 e. The minimum atomic E-state index is -0.738. The van der Waals surface area contributed by atoms with Gasteiger partial charge < -0.3 is 10.2 Å². The van der Waals surface area contributed by atoms with Crippen molar-refractivity contribution in [1.29, 1.82) is 0 Å². The molecule has 2 saturated heterocycles. The molecule has 1 spiro atoms. The van der Waals surface area contributed by atoms with Gasteiger partial charge in [-0.15, -0.1) is 0 Å². The van der Waals surface area contributed by atoms with Crippen molar-refractivity contribution in [3.63, 3.8) is 0 Å². The lowest BCUT2D eigenvalue weighted by Gasteiger charge is -2.31. The highest BCUT2D eigenvalue weighted by molar-refractivity contribution is 6.09. The highest BCUT2D eigenvalue weighted by Gasteiger charge is 2.52. The molecule has 3 aliphatic rings. The predicted octanol–water partition coefficient (Wildman–Crippen LogP) is 1.89. The maximum absolute atomic E-state index is 12.7. The van der Waals surface area contributed by atoms with E-state index in [1.807, 2.05) is 4.90 Å². The molecule has 3 fully saturated rings. The third-order valence-corrected chi connectivity index (χ3v) is 5.64.